The van der Waals surface area contributed by atoms with E-state index in [1.165, 1.54) is 37.8 Å². The molecule has 0 saturated heterocycles. The summed E-state index contributed by atoms with van der Waals surface area (Å²) in [7, 11) is -5.51. The molecule has 1 aromatic heterocycles. The largest absolute Gasteiger partial charge is 0.497 e. The average Bonchev–Trinajstić information content (AvgIpc) is 2.92. The molecule has 2 aromatic rings. The zero-order valence-corrected chi connectivity index (χ0v) is 13.2. The maximum atomic E-state index is 12.5. The topological polar surface area (TPSA) is 85.7 Å². The molecule has 0 N–H and O–H groups in total. The second-order valence-corrected chi connectivity index (χ2v) is 9.01. The van der Waals surface area contributed by atoms with E-state index in [1.54, 1.807) is 12.1 Å². The van der Waals surface area contributed by atoms with Gasteiger partial charge in [0.25, 0.3) is 0 Å². The number of ether oxygens (including phenoxy) is 1. The minimum atomic E-state index is -3.96. The van der Waals surface area contributed by atoms with Gasteiger partial charge in [-0.15, -0.1) is 3.77 Å². The molecule has 108 valence electrons. The fraction of sp³-hybridized carbons (Fsp3) is 0.182. The molecule has 0 fully saturated rings. The lowest BCUT2D eigenvalue weighted by Gasteiger charge is -2.05. The van der Waals surface area contributed by atoms with E-state index >= 15 is 0 Å². The fourth-order valence-electron chi connectivity index (χ4n) is 1.43. The molecule has 1 aromatic carbocycles. The normalized spacial score (nSPS) is 14.5. The summed E-state index contributed by atoms with van der Waals surface area (Å²) in [5.41, 5.74) is 0. The summed E-state index contributed by atoms with van der Waals surface area (Å²) >= 11 is 0.795. The van der Waals surface area contributed by atoms with E-state index in [-0.39, 0.29) is 4.21 Å². The van der Waals surface area contributed by atoms with Crippen molar-refractivity contribution in [2.45, 2.75) is 9.10 Å². The molecular formula is C11H12N2O4S3. The number of methoxy groups -OCH3 is 1. The van der Waals surface area contributed by atoms with Gasteiger partial charge in [0.05, 0.1) is 16.8 Å². The Morgan fingerprint density at radius 1 is 1.15 bits per heavy atom. The summed E-state index contributed by atoms with van der Waals surface area (Å²) in [5.74, 6) is 0.592. The van der Waals surface area contributed by atoms with E-state index in [2.05, 4.69) is 8.14 Å². The molecule has 1 unspecified atom stereocenters. The van der Waals surface area contributed by atoms with Crippen LogP contribution in [-0.4, -0.2) is 30.4 Å². The number of hydrogen-bond acceptors (Lipinski definition) is 6. The lowest BCUT2D eigenvalue weighted by atomic mass is 10.3. The maximum Gasteiger partial charge on any atom is 0.301 e. The van der Waals surface area contributed by atoms with E-state index in [0.717, 1.165) is 11.5 Å². The van der Waals surface area contributed by atoms with E-state index in [4.69, 9.17) is 4.74 Å². The van der Waals surface area contributed by atoms with Crippen LogP contribution in [0.2, 0.25) is 0 Å². The Balaban J connectivity index is 2.48. The summed E-state index contributed by atoms with van der Waals surface area (Å²) < 4.78 is 48.7. The highest BCUT2D eigenvalue weighted by Crippen LogP contribution is 2.22. The van der Waals surface area contributed by atoms with Crippen LogP contribution in [0.4, 0.5) is 0 Å². The minimum absolute atomic E-state index is 0.0272. The Morgan fingerprint density at radius 2 is 1.80 bits per heavy atom. The molecular weight excluding hydrogens is 320 g/mol. The van der Waals surface area contributed by atoms with Gasteiger partial charge in [0, 0.05) is 17.3 Å². The number of hydrogen-bond donors (Lipinski definition) is 0. The van der Waals surface area contributed by atoms with Crippen molar-refractivity contribution in [3.63, 3.8) is 0 Å². The van der Waals surface area contributed by atoms with Gasteiger partial charge in [-0.05, 0) is 41.9 Å². The first kappa shape index (κ1) is 14.9. The molecule has 1 atom stereocenters. The van der Waals surface area contributed by atoms with E-state index in [1.807, 2.05) is 0 Å². The van der Waals surface area contributed by atoms with Crippen LogP contribution in [-0.2, 0) is 19.8 Å². The van der Waals surface area contributed by atoms with Gasteiger partial charge in [0.1, 0.15) is 5.75 Å². The van der Waals surface area contributed by atoms with Crippen LogP contribution in [0.1, 0.15) is 0 Å². The lowest BCUT2D eigenvalue weighted by Crippen LogP contribution is -2.03. The summed E-state index contributed by atoms with van der Waals surface area (Å²) in [4.78, 5) is 0.325. The summed E-state index contributed by atoms with van der Waals surface area (Å²) in [6.07, 6.45) is 2.64. The molecule has 20 heavy (non-hydrogen) atoms. The number of aromatic nitrogens is 1. The van der Waals surface area contributed by atoms with Gasteiger partial charge in [-0.2, -0.15) is 12.8 Å². The Bertz CT molecular complexity index is 802. The number of rotatable bonds is 4. The third kappa shape index (κ3) is 3.17. The molecule has 9 heteroatoms. The van der Waals surface area contributed by atoms with Crippen molar-refractivity contribution in [2.24, 2.45) is 3.77 Å². The first-order valence-corrected chi connectivity index (χ1v) is 9.52. The molecule has 2 rings (SSSR count). The van der Waals surface area contributed by atoms with Crippen molar-refractivity contribution in [1.82, 2.24) is 4.37 Å². The first-order valence-electron chi connectivity index (χ1n) is 5.38. The average molecular weight is 332 g/mol. The zero-order valence-electron chi connectivity index (χ0n) is 10.7. The van der Waals surface area contributed by atoms with Gasteiger partial charge in [0.15, 0.2) is 4.21 Å². The van der Waals surface area contributed by atoms with Gasteiger partial charge < -0.3 is 4.74 Å². The Kier molecular flexibility index (Phi) is 4.11. The number of nitrogens with zero attached hydrogens (tertiary/aromatic N) is 2. The highest BCUT2D eigenvalue weighted by atomic mass is 32.3. The first-order chi connectivity index (χ1) is 9.35. The predicted molar refractivity (Wildman–Crippen MR) is 77.1 cm³/mol. The quantitative estimate of drug-likeness (QED) is 0.855. The lowest BCUT2D eigenvalue weighted by molar-refractivity contribution is 0.414. The molecule has 0 radical (unpaired) electrons. The van der Waals surface area contributed by atoms with Crippen LogP contribution in [0.25, 0.3) is 0 Å². The maximum absolute atomic E-state index is 12.5. The standard InChI is InChI=1S/C11H12N2O4S3/c1-17-9-3-5-10(6-4-9)19(2,14)13-20(15,16)11-7-8-12-18-11/h3-8H,1-2H3. The van der Waals surface area contributed by atoms with Gasteiger partial charge in [-0.25, -0.2) is 4.21 Å². The Morgan fingerprint density at radius 3 is 2.30 bits per heavy atom. The van der Waals surface area contributed by atoms with E-state index < -0.39 is 19.8 Å². The second-order valence-electron chi connectivity index (χ2n) is 3.86. The van der Waals surface area contributed by atoms with Crippen LogP contribution >= 0.6 is 11.5 Å². The van der Waals surface area contributed by atoms with Gasteiger partial charge in [-0.3, -0.25) is 0 Å². The highest BCUT2D eigenvalue weighted by Gasteiger charge is 2.19. The van der Waals surface area contributed by atoms with Crippen LogP contribution in [0.3, 0.4) is 0 Å². The van der Waals surface area contributed by atoms with Gasteiger partial charge in [0.2, 0.25) is 0 Å². The molecule has 0 aliphatic carbocycles. The molecule has 0 saturated carbocycles. The van der Waals surface area contributed by atoms with Crippen molar-refractivity contribution < 1.29 is 17.4 Å². The smallest absolute Gasteiger partial charge is 0.301 e. The molecule has 1 heterocycles. The van der Waals surface area contributed by atoms with E-state index in [0.29, 0.717) is 10.6 Å². The number of sulfonamides is 1. The predicted octanol–water partition coefficient (Wildman–Crippen LogP) is 2.00. The van der Waals surface area contributed by atoms with Crippen molar-refractivity contribution in [3.05, 3.63) is 36.5 Å². The molecule has 0 aliphatic rings. The summed E-state index contributed by atoms with van der Waals surface area (Å²) in [6.45, 7) is 0. The van der Waals surface area contributed by atoms with Gasteiger partial charge in [-0.1, -0.05) is 0 Å². The summed E-state index contributed by atoms with van der Waals surface area (Å²) in [5, 5.41) is 0. The van der Waals surface area contributed by atoms with Crippen molar-refractivity contribution in [3.8, 4) is 5.75 Å². The molecule has 0 bridgehead atoms. The monoisotopic (exact) mass is 332 g/mol. The molecule has 0 spiro atoms. The second kappa shape index (κ2) is 5.51. The summed E-state index contributed by atoms with van der Waals surface area (Å²) in [6, 6.07) is 7.60. The number of benzene rings is 1. The Hall–Kier alpha value is -1.45. The SMILES string of the molecule is COc1ccc(S(C)(=O)=NS(=O)(=O)c2ccns2)cc1. The Labute approximate surface area is 121 Å². The molecule has 0 amide bonds. The van der Waals surface area contributed by atoms with Crippen LogP contribution in [0.5, 0.6) is 5.75 Å². The van der Waals surface area contributed by atoms with E-state index in [9.17, 15) is 12.6 Å². The van der Waals surface area contributed by atoms with Crippen molar-refractivity contribution in [1.29, 1.82) is 0 Å². The zero-order chi connectivity index (χ0) is 14.8. The highest BCUT2D eigenvalue weighted by molar-refractivity contribution is 8.03. The van der Waals surface area contributed by atoms with Gasteiger partial charge >= 0.3 is 10.0 Å². The van der Waals surface area contributed by atoms with Crippen molar-refractivity contribution >= 4 is 31.3 Å². The fourth-order valence-corrected chi connectivity index (χ4v) is 5.57. The molecule has 0 aliphatic heterocycles. The van der Waals surface area contributed by atoms with Crippen molar-refractivity contribution in [2.75, 3.05) is 13.4 Å². The minimum Gasteiger partial charge on any atom is -0.497 e. The van der Waals surface area contributed by atoms with Crippen LogP contribution in [0.15, 0.2) is 49.4 Å². The third-order valence-corrected chi connectivity index (χ3v) is 7.52. The molecule has 6 nitrogen and oxygen atoms in total. The third-order valence-electron chi connectivity index (χ3n) is 2.41. The van der Waals surface area contributed by atoms with Crippen LogP contribution in [0, 0.1) is 0 Å². The van der Waals surface area contributed by atoms with Crippen LogP contribution < -0.4 is 4.74 Å².